The molecule has 1 unspecified atom stereocenters. The van der Waals surface area contributed by atoms with Gasteiger partial charge in [-0.25, -0.2) is 4.79 Å². The maximum atomic E-state index is 11.6. The third kappa shape index (κ3) is 4.68. The molecule has 0 heterocycles. The van der Waals surface area contributed by atoms with Crippen LogP contribution in [-0.2, 0) is 20.7 Å². The molecule has 0 aliphatic rings. The smallest absolute Gasteiger partial charge is 0.328 e. The van der Waals surface area contributed by atoms with Gasteiger partial charge in [0.05, 0.1) is 13.0 Å². The number of carbonyl (C=O) groups is 2. The largest absolute Gasteiger partial charge is 0.464 e. The quantitative estimate of drug-likeness (QED) is 0.782. The van der Waals surface area contributed by atoms with E-state index in [0.29, 0.717) is 6.61 Å². The van der Waals surface area contributed by atoms with Gasteiger partial charge in [-0.2, -0.15) is 0 Å². The van der Waals surface area contributed by atoms with Gasteiger partial charge in [0.1, 0.15) is 6.04 Å². The van der Waals surface area contributed by atoms with Crippen LogP contribution < -0.4 is 5.32 Å². The van der Waals surface area contributed by atoms with E-state index in [1.54, 1.807) is 13.8 Å². The summed E-state index contributed by atoms with van der Waals surface area (Å²) in [4.78, 5) is 22.9. The highest BCUT2D eigenvalue weighted by Gasteiger charge is 2.16. The van der Waals surface area contributed by atoms with Gasteiger partial charge in [-0.3, -0.25) is 4.79 Å². The Labute approximate surface area is 101 Å². The first kappa shape index (κ1) is 13.2. The molecule has 1 aromatic rings. The van der Waals surface area contributed by atoms with Crippen LogP contribution in [0, 0.1) is 0 Å². The van der Waals surface area contributed by atoms with Gasteiger partial charge in [-0.15, -0.1) is 0 Å². The standard InChI is InChI=1S/C13H17NO3/c1-3-17-13(16)10(2)14-12(15)9-11-7-5-4-6-8-11/h4-8,10H,3,9H2,1-2H3,(H,14,15). The summed E-state index contributed by atoms with van der Waals surface area (Å²) in [5.74, 6) is -0.592. The van der Waals surface area contributed by atoms with Gasteiger partial charge in [0.2, 0.25) is 5.91 Å². The second-order valence-corrected chi connectivity index (χ2v) is 3.70. The molecule has 17 heavy (non-hydrogen) atoms. The molecule has 0 fully saturated rings. The van der Waals surface area contributed by atoms with Crippen LogP contribution >= 0.6 is 0 Å². The van der Waals surface area contributed by atoms with Crippen LogP contribution in [0.25, 0.3) is 0 Å². The fourth-order valence-corrected chi connectivity index (χ4v) is 1.40. The molecule has 1 atom stereocenters. The first-order valence-corrected chi connectivity index (χ1v) is 5.63. The minimum absolute atomic E-state index is 0.184. The van der Waals surface area contributed by atoms with E-state index < -0.39 is 12.0 Å². The lowest BCUT2D eigenvalue weighted by Crippen LogP contribution is -2.40. The summed E-state index contributed by atoms with van der Waals surface area (Å²) in [6, 6.07) is 8.77. The Morgan fingerprint density at radius 3 is 2.53 bits per heavy atom. The van der Waals surface area contributed by atoms with Crippen LogP contribution in [0.1, 0.15) is 19.4 Å². The molecule has 1 N–H and O–H groups in total. The third-order valence-corrected chi connectivity index (χ3v) is 2.23. The number of benzene rings is 1. The molecule has 0 saturated heterocycles. The summed E-state index contributed by atoms with van der Waals surface area (Å²) in [5, 5.41) is 2.60. The number of ether oxygens (including phenoxy) is 1. The molecule has 0 bridgehead atoms. The Hall–Kier alpha value is -1.84. The zero-order valence-corrected chi connectivity index (χ0v) is 10.1. The average Bonchev–Trinajstić information content (AvgIpc) is 2.30. The summed E-state index contributed by atoms with van der Waals surface area (Å²) in [6.45, 7) is 3.66. The van der Waals surface area contributed by atoms with Crippen molar-refractivity contribution < 1.29 is 14.3 Å². The van der Waals surface area contributed by atoms with Crippen LogP contribution in [0.15, 0.2) is 30.3 Å². The number of carbonyl (C=O) groups excluding carboxylic acids is 2. The second kappa shape index (κ2) is 6.68. The number of hydrogen-bond donors (Lipinski definition) is 1. The van der Waals surface area contributed by atoms with Gasteiger partial charge >= 0.3 is 5.97 Å². The van der Waals surface area contributed by atoms with E-state index >= 15 is 0 Å². The highest BCUT2D eigenvalue weighted by atomic mass is 16.5. The summed E-state index contributed by atoms with van der Waals surface area (Å²) in [6.07, 6.45) is 0.268. The second-order valence-electron chi connectivity index (χ2n) is 3.70. The molecule has 1 rings (SSSR count). The Morgan fingerprint density at radius 1 is 1.29 bits per heavy atom. The Balaban J connectivity index is 2.42. The normalized spacial score (nSPS) is 11.6. The lowest BCUT2D eigenvalue weighted by molar-refractivity contribution is -0.146. The summed E-state index contributed by atoms with van der Waals surface area (Å²) >= 11 is 0. The molecule has 0 spiro atoms. The van der Waals surface area contributed by atoms with Crippen molar-refractivity contribution in [3.8, 4) is 0 Å². The zero-order chi connectivity index (χ0) is 12.7. The highest BCUT2D eigenvalue weighted by molar-refractivity contribution is 5.85. The number of esters is 1. The maximum Gasteiger partial charge on any atom is 0.328 e. The van der Waals surface area contributed by atoms with Crippen molar-refractivity contribution in [3.05, 3.63) is 35.9 Å². The molecule has 92 valence electrons. The predicted octanol–water partition coefficient (Wildman–Crippen LogP) is 1.30. The molecule has 0 aliphatic heterocycles. The predicted molar refractivity (Wildman–Crippen MR) is 64.4 cm³/mol. The van der Waals surface area contributed by atoms with E-state index in [4.69, 9.17) is 4.74 Å². The number of amides is 1. The lowest BCUT2D eigenvalue weighted by atomic mass is 10.1. The van der Waals surface area contributed by atoms with Crippen LogP contribution in [0.2, 0.25) is 0 Å². The van der Waals surface area contributed by atoms with Crippen LogP contribution in [0.3, 0.4) is 0 Å². The highest BCUT2D eigenvalue weighted by Crippen LogP contribution is 1.99. The van der Waals surface area contributed by atoms with Crippen LogP contribution in [-0.4, -0.2) is 24.5 Å². The maximum absolute atomic E-state index is 11.6. The van der Waals surface area contributed by atoms with Gasteiger partial charge in [0.15, 0.2) is 0 Å². The van der Waals surface area contributed by atoms with Crippen LogP contribution in [0.4, 0.5) is 0 Å². The van der Waals surface area contributed by atoms with E-state index in [1.807, 2.05) is 30.3 Å². The van der Waals surface area contributed by atoms with Crippen LogP contribution in [0.5, 0.6) is 0 Å². The van der Waals surface area contributed by atoms with E-state index in [9.17, 15) is 9.59 Å². The Bertz CT molecular complexity index is 376. The fourth-order valence-electron chi connectivity index (χ4n) is 1.40. The van der Waals surface area contributed by atoms with Crippen molar-refractivity contribution in [3.63, 3.8) is 0 Å². The van der Waals surface area contributed by atoms with E-state index in [0.717, 1.165) is 5.56 Å². The minimum Gasteiger partial charge on any atom is -0.464 e. The van der Waals surface area contributed by atoms with Crippen molar-refractivity contribution in [1.82, 2.24) is 5.32 Å². The molecule has 0 aromatic heterocycles. The number of rotatable bonds is 5. The van der Waals surface area contributed by atoms with Gasteiger partial charge in [0, 0.05) is 0 Å². The van der Waals surface area contributed by atoms with E-state index in [1.165, 1.54) is 0 Å². The molecule has 0 radical (unpaired) electrons. The monoisotopic (exact) mass is 235 g/mol. The van der Waals surface area contributed by atoms with Gasteiger partial charge < -0.3 is 10.1 Å². The summed E-state index contributed by atoms with van der Waals surface area (Å²) in [5.41, 5.74) is 0.918. The molecular formula is C13H17NO3. The van der Waals surface area contributed by atoms with E-state index in [-0.39, 0.29) is 12.3 Å². The van der Waals surface area contributed by atoms with Crippen molar-refractivity contribution in [2.45, 2.75) is 26.3 Å². The van der Waals surface area contributed by atoms with E-state index in [2.05, 4.69) is 5.32 Å². The summed E-state index contributed by atoms with van der Waals surface area (Å²) < 4.78 is 4.80. The molecule has 4 heteroatoms. The summed E-state index contributed by atoms with van der Waals surface area (Å²) in [7, 11) is 0. The number of hydrogen-bond acceptors (Lipinski definition) is 3. The van der Waals surface area contributed by atoms with Crippen molar-refractivity contribution in [2.24, 2.45) is 0 Å². The SMILES string of the molecule is CCOC(=O)C(C)NC(=O)Cc1ccccc1. The molecule has 0 aliphatic carbocycles. The van der Waals surface area contributed by atoms with Crippen molar-refractivity contribution in [2.75, 3.05) is 6.61 Å². The molecule has 1 aromatic carbocycles. The van der Waals surface area contributed by atoms with Gasteiger partial charge in [-0.05, 0) is 19.4 Å². The van der Waals surface area contributed by atoms with Crippen molar-refractivity contribution in [1.29, 1.82) is 0 Å². The first-order chi connectivity index (χ1) is 8.13. The van der Waals surface area contributed by atoms with Crippen molar-refractivity contribution >= 4 is 11.9 Å². The third-order valence-electron chi connectivity index (χ3n) is 2.23. The topological polar surface area (TPSA) is 55.4 Å². The molecule has 1 amide bonds. The average molecular weight is 235 g/mol. The lowest BCUT2D eigenvalue weighted by Gasteiger charge is -2.12. The molecule has 0 saturated carbocycles. The first-order valence-electron chi connectivity index (χ1n) is 5.63. The fraction of sp³-hybridized carbons (Fsp3) is 0.385. The van der Waals surface area contributed by atoms with Gasteiger partial charge in [0.25, 0.3) is 0 Å². The van der Waals surface area contributed by atoms with Gasteiger partial charge in [-0.1, -0.05) is 30.3 Å². The zero-order valence-electron chi connectivity index (χ0n) is 10.1. The number of nitrogens with one attached hydrogen (secondary N) is 1. The Kier molecular flexibility index (Phi) is 5.20. The molecular weight excluding hydrogens is 218 g/mol. The minimum atomic E-state index is -0.605. The Morgan fingerprint density at radius 2 is 1.94 bits per heavy atom. The molecule has 4 nitrogen and oxygen atoms in total.